The van der Waals surface area contributed by atoms with Crippen molar-refractivity contribution in [3.05, 3.63) is 89.0 Å². The Morgan fingerprint density at radius 1 is 1.19 bits per heavy atom. The molecule has 3 heterocycles. The van der Waals surface area contributed by atoms with Gasteiger partial charge in [0.1, 0.15) is 11.8 Å². The predicted molar refractivity (Wildman–Crippen MR) is 146 cm³/mol. The van der Waals surface area contributed by atoms with Gasteiger partial charge in [-0.15, -0.1) is 0 Å². The molecule has 192 valence electrons. The summed E-state index contributed by atoms with van der Waals surface area (Å²) in [7, 11) is 0. The summed E-state index contributed by atoms with van der Waals surface area (Å²) in [5, 5.41) is 12.2. The molecule has 7 nitrogen and oxygen atoms in total. The smallest absolute Gasteiger partial charge is 0.253 e. The molecule has 1 N–H and O–H groups in total. The van der Waals surface area contributed by atoms with Gasteiger partial charge in [-0.3, -0.25) is 9.78 Å². The van der Waals surface area contributed by atoms with Crippen LogP contribution < -0.4 is 10.2 Å². The SMILES string of the molecule is Cc1cc(C#N)nc(C)c1C(=O)NCCC(C)N1CCC(N(Cc2cccnc2)c2ccccc2)CC1. The maximum Gasteiger partial charge on any atom is 0.253 e. The van der Waals surface area contributed by atoms with E-state index in [-0.39, 0.29) is 5.91 Å². The Morgan fingerprint density at radius 2 is 1.95 bits per heavy atom. The zero-order chi connectivity index (χ0) is 26.2. The van der Waals surface area contributed by atoms with Gasteiger partial charge in [0.15, 0.2) is 0 Å². The van der Waals surface area contributed by atoms with Gasteiger partial charge in [-0.05, 0) is 75.4 Å². The fraction of sp³-hybridized carbons (Fsp3) is 0.400. The van der Waals surface area contributed by atoms with Gasteiger partial charge in [-0.2, -0.15) is 5.26 Å². The number of rotatable bonds is 9. The topological polar surface area (TPSA) is 85.1 Å². The molecule has 37 heavy (non-hydrogen) atoms. The monoisotopic (exact) mass is 496 g/mol. The first-order chi connectivity index (χ1) is 18.0. The summed E-state index contributed by atoms with van der Waals surface area (Å²) in [6.45, 7) is 9.41. The molecule has 0 bridgehead atoms. The van der Waals surface area contributed by atoms with E-state index >= 15 is 0 Å². The second kappa shape index (κ2) is 12.5. The molecule has 4 rings (SSSR count). The van der Waals surface area contributed by atoms with Crippen LogP contribution in [0.25, 0.3) is 0 Å². The van der Waals surface area contributed by atoms with E-state index in [0.29, 0.717) is 35.6 Å². The van der Waals surface area contributed by atoms with E-state index in [4.69, 9.17) is 5.26 Å². The molecule has 1 aliphatic rings. The lowest BCUT2D eigenvalue weighted by atomic mass is 9.99. The minimum Gasteiger partial charge on any atom is -0.364 e. The van der Waals surface area contributed by atoms with Gasteiger partial charge < -0.3 is 15.1 Å². The van der Waals surface area contributed by atoms with Crippen molar-refractivity contribution in [1.29, 1.82) is 5.26 Å². The molecule has 0 aliphatic carbocycles. The molecule has 1 amide bonds. The Kier molecular flexibility index (Phi) is 8.86. The fourth-order valence-electron chi connectivity index (χ4n) is 5.27. The highest BCUT2D eigenvalue weighted by molar-refractivity contribution is 5.96. The van der Waals surface area contributed by atoms with Crippen molar-refractivity contribution in [3.8, 4) is 6.07 Å². The summed E-state index contributed by atoms with van der Waals surface area (Å²) < 4.78 is 0. The summed E-state index contributed by atoms with van der Waals surface area (Å²) in [5.74, 6) is -0.119. The van der Waals surface area contributed by atoms with Gasteiger partial charge in [-0.25, -0.2) is 4.98 Å². The minimum atomic E-state index is -0.119. The van der Waals surface area contributed by atoms with Crippen LogP contribution in [0.5, 0.6) is 0 Å². The van der Waals surface area contributed by atoms with Crippen molar-refractivity contribution >= 4 is 11.6 Å². The lowest BCUT2D eigenvalue weighted by Gasteiger charge is -2.42. The number of aryl methyl sites for hydroxylation is 2. The molecule has 0 spiro atoms. The number of carbonyl (C=O) groups is 1. The van der Waals surface area contributed by atoms with E-state index in [1.165, 1.54) is 11.3 Å². The Morgan fingerprint density at radius 3 is 2.59 bits per heavy atom. The Hall–Kier alpha value is -3.76. The lowest BCUT2D eigenvalue weighted by Crippen LogP contribution is -2.48. The maximum absolute atomic E-state index is 12.8. The van der Waals surface area contributed by atoms with Crippen LogP contribution >= 0.6 is 0 Å². The number of para-hydroxylation sites is 1. The summed E-state index contributed by atoms with van der Waals surface area (Å²) in [4.78, 5) is 26.4. The van der Waals surface area contributed by atoms with Crippen molar-refractivity contribution in [2.24, 2.45) is 0 Å². The van der Waals surface area contributed by atoms with E-state index in [1.807, 2.05) is 31.5 Å². The first-order valence-electron chi connectivity index (χ1n) is 13.1. The summed E-state index contributed by atoms with van der Waals surface area (Å²) in [6.07, 6.45) is 6.86. The number of likely N-dealkylation sites (tertiary alicyclic amines) is 1. The van der Waals surface area contributed by atoms with Crippen molar-refractivity contribution in [3.63, 3.8) is 0 Å². The quantitative estimate of drug-likeness (QED) is 0.464. The fourth-order valence-corrected chi connectivity index (χ4v) is 5.27. The summed E-state index contributed by atoms with van der Waals surface area (Å²) in [6, 6.07) is 19.4. The molecular weight excluding hydrogens is 460 g/mol. The highest BCUT2D eigenvalue weighted by Crippen LogP contribution is 2.26. The highest BCUT2D eigenvalue weighted by Gasteiger charge is 2.27. The van der Waals surface area contributed by atoms with Crippen LogP contribution in [-0.2, 0) is 6.54 Å². The van der Waals surface area contributed by atoms with Crippen molar-refractivity contribution in [2.75, 3.05) is 24.5 Å². The second-order valence-corrected chi connectivity index (χ2v) is 9.88. The van der Waals surface area contributed by atoms with Crippen LogP contribution in [0.2, 0.25) is 0 Å². The van der Waals surface area contributed by atoms with Crippen LogP contribution in [0.1, 0.15) is 59.1 Å². The van der Waals surface area contributed by atoms with Crippen molar-refractivity contribution < 1.29 is 4.79 Å². The minimum absolute atomic E-state index is 0.119. The van der Waals surface area contributed by atoms with Crippen molar-refractivity contribution in [1.82, 2.24) is 20.2 Å². The normalized spacial score (nSPS) is 15.1. The third-order valence-corrected chi connectivity index (χ3v) is 7.31. The van der Waals surface area contributed by atoms with Crippen LogP contribution in [0.15, 0.2) is 60.9 Å². The van der Waals surface area contributed by atoms with Gasteiger partial charge in [0.2, 0.25) is 0 Å². The molecule has 0 saturated carbocycles. The number of hydrogen-bond donors (Lipinski definition) is 1. The molecule has 1 atom stereocenters. The largest absolute Gasteiger partial charge is 0.364 e. The molecule has 1 fully saturated rings. The number of aromatic nitrogens is 2. The van der Waals surface area contributed by atoms with E-state index < -0.39 is 0 Å². The van der Waals surface area contributed by atoms with Gasteiger partial charge in [-0.1, -0.05) is 24.3 Å². The van der Waals surface area contributed by atoms with E-state index in [1.54, 1.807) is 13.0 Å². The summed E-state index contributed by atoms with van der Waals surface area (Å²) in [5.41, 5.74) is 4.77. The molecule has 1 aromatic carbocycles. The average molecular weight is 497 g/mol. The van der Waals surface area contributed by atoms with Gasteiger partial charge in [0.05, 0.1) is 11.3 Å². The van der Waals surface area contributed by atoms with E-state index in [2.05, 4.69) is 68.4 Å². The zero-order valence-corrected chi connectivity index (χ0v) is 22.0. The van der Waals surface area contributed by atoms with Gasteiger partial charge in [0, 0.05) is 56.3 Å². The third kappa shape index (κ3) is 6.72. The van der Waals surface area contributed by atoms with Crippen molar-refractivity contribution in [2.45, 2.75) is 58.7 Å². The molecule has 7 heteroatoms. The number of nitrogens with zero attached hydrogens (tertiary/aromatic N) is 5. The molecule has 1 saturated heterocycles. The molecule has 3 aromatic rings. The number of benzene rings is 1. The van der Waals surface area contributed by atoms with Crippen LogP contribution in [0.4, 0.5) is 5.69 Å². The Labute approximate surface area is 220 Å². The van der Waals surface area contributed by atoms with Crippen LogP contribution in [0.3, 0.4) is 0 Å². The molecule has 1 unspecified atom stereocenters. The Bertz CT molecular complexity index is 1190. The lowest BCUT2D eigenvalue weighted by molar-refractivity contribution is 0.0943. The maximum atomic E-state index is 12.8. The molecule has 0 radical (unpaired) electrons. The number of nitriles is 1. The average Bonchev–Trinajstić information content (AvgIpc) is 2.92. The first-order valence-corrected chi connectivity index (χ1v) is 13.1. The zero-order valence-electron chi connectivity index (χ0n) is 22.0. The molecule has 1 aliphatic heterocycles. The number of carbonyl (C=O) groups excluding carboxylic acids is 1. The summed E-state index contributed by atoms with van der Waals surface area (Å²) >= 11 is 0. The number of amides is 1. The van der Waals surface area contributed by atoms with E-state index in [0.717, 1.165) is 44.5 Å². The standard InChI is InChI=1S/C30H36N6O/c1-22-18-26(19-31)34-24(3)29(22)30(37)33-15-11-23(2)35-16-12-28(13-17-35)36(27-9-5-4-6-10-27)21-25-8-7-14-32-20-25/h4-10,14,18,20,23,28H,11-13,15-17,21H2,1-3H3,(H,33,37). The number of hydrogen-bond acceptors (Lipinski definition) is 6. The second-order valence-electron chi connectivity index (χ2n) is 9.88. The number of pyridine rings is 2. The Balaban J connectivity index is 1.30. The third-order valence-electron chi connectivity index (χ3n) is 7.31. The van der Waals surface area contributed by atoms with Gasteiger partial charge >= 0.3 is 0 Å². The predicted octanol–water partition coefficient (Wildman–Crippen LogP) is 4.64. The molecular formula is C30H36N6O. The van der Waals surface area contributed by atoms with Gasteiger partial charge in [0.25, 0.3) is 5.91 Å². The first kappa shape index (κ1) is 26.3. The van der Waals surface area contributed by atoms with Crippen LogP contribution in [-0.4, -0.2) is 52.5 Å². The van der Waals surface area contributed by atoms with Crippen LogP contribution in [0, 0.1) is 25.2 Å². The molecule has 2 aromatic heterocycles. The number of piperidine rings is 1. The number of anilines is 1. The highest BCUT2D eigenvalue weighted by atomic mass is 16.1. The van der Waals surface area contributed by atoms with E-state index in [9.17, 15) is 4.79 Å². The number of nitrogens with one attached hydrogen (secondary N) is 1.